The molecule has 2 rings (SSSR count). The maximum Gasteiger partial charge on any atom is 0.304 e. The van der Waals surface area contributed by atoms with Gasteiger partial charge >= 0.3 is 5.97 Å². The van der Waals surface area contributed by atoms with Gasteiger partial charge < -0.3 is 10.2 Å². The molecule has 3 nitrogen and oxygen atoms in total. The maximum atomic E-state index is 11.1. The molecule has 0 aliphatic carbocycles. The van der Waals surface area contributed by atoms with E-state index < -0.39 is 5.97 Å². The lowest BCUT2D eigenvalue weighted by Gasteiger charge is -2.17. The van der Waals surface area contributed by atoms with Crippen LogP contribution in [0.4, 0.5) is 0 Å². The molecule has 0 aliphatic rings. The second-order valence-corrected chi connectivity index (χ2v) is 4.84. The highest BCUT2D eigenvalue weighted by Crippen LogP contribution is 2.29. The molecule has 3 heteroatoms. The van der Waals surface area contributed by atoms with Crippen molar-refractivity contribution in [3.8, 4) is 5.75 Å². The molecule has 0 fully saturated rings. The summed E-state index contributed by atoms with van der Waals surface area (Å²) in [7, 11) is 0. The summed E-state index contributed by atoms with van der Waals surface area (Å²) >= 11 is 0. The van der Waals surface area contributed by atoms with Crippen molar-refractivity contribution in [3.63, 3.8) is 0 Å². The lowest BCUT2D eigenvalue weighted by molar-refractivity contribution is -0.137. The summed E-state index contributed by atoms with van der Waals surface area (Å²) < 4.78 is 0. The van der Waals surface area contributed by atoms with Crippen molar-refractivity contribution in [3.05, 3.63) is 65.2 Å². The van der Waals surface area contributed by atoms with Gasteiger partial charge in [-0.1, -0.05) is 43.3 Å². The number of hydrogen-bond donors (Lipinski definition) is 2. The third kappa shape index (κ3) is 3.38. The maximum absolute atomic E-state index is 11.1. The minimum Gasteiger partial charge on any atom is -0.508 e. The number of carbonyl (C=O) groups is 1. The Morgan fingerprint density at radius 2 is 1.80 bits per heavy atom. The van der Waals surface area contributed by atoms with Crippen LogP contribution in [-0.2, 0) is 11.2 Å². The summed E-state index contributed by atoms with van der Waals surface area (Å²) in [5.41, 5.74) is 3.09. The van der Waals surface area contributed by atoms with E-state index in [1.165, 1.54) is 5.56 Å². The predicted octanol–water partition coefficient (Wildman–Crippen LogP) is 3.56. The molecule has 0 aromatic heterocycles. The molecule has 2 N–H and O–H groups in total. The fraction of sp³-hybridized carbons (Fsp3) is 0.235. The normalized spacial score (nSPS) is 12.1. The molecule has 0 amide bonds. The van der Waals surface area contributed by atoms with Crippen LogP contribution in [-0.4, -0.2) is 16.2 Å². The second kappa shape index (κ2) is 6.24. The molecule has 1 atom stereocenters. The molecule has 0 saturated heterocycles. The zero-order chi connectivity index (χ0) is 14.5. The highest BCUT2D eigenvalue weighted by Gasteiger charge is 2.18. The fourth-order valence-corrected chi connectivity index (χ4v) is 2.34. The highest BCUT2D eigenvalue weighted by molar-refractivity contribution is 5.69. The lowest BCUT2D eigenvalue weighted by Crippen LogP contribution is -2.08. The van der Waals surface area contributed by atoms with Crippen LogP contribution < -0.4 is 0 Å². The largest absolute Gasteiger partial charge is 0.508 e. The summed E-state index contributed by atoms with van der Waals surface area (Å²) in [6.07, 6.45) is 0.959. The van der Waals surface area contributed by atoms with E-state index >= 15 is 0 Å². The molecular formula is C17H18O3. The van der Waals surface area contributed by atoms with Crippen LogP contribution in [0.5, 0.6) is 5.75 Å². The summed E-state index contributed by atoms with van der Waals surface area (Å²) in [5, 5.41) is 18.5. The summed E-state index contributed by atoms with van der Waals surface area (Å²) in [6.45, 7) is 2.08. The number of aryl methyl sites for hydroxylation is 1. The molecule has 2 aromatic carbocycles. The second-order valence-electron chi connectivity index (χ2n) is 4.84. The standard InChI is InChI=1S/C17H18O3/c1-2-12-4-3-5-14(10-12)16(11-17(19)20)13-6-8-15(18)9-7-13/h3-10,16,18H,2,11H2,1H3,(H,19,20). The van der Waals surface area contributed by atoms with E-state index in [9.17, 15) is 9.90 Å². The molecule has 104 valence electrons. The topological polar surface area (TPSA) is 57.5 Å². The Morgan fingerprint density at radius 3 is 2.40 bits per heavy atom. The van der Waals surface area contributed by atoms with Crippen LogP contribution >= 0.6 is 0 Å². The molecule has 0 bridgehead atoms. The number of aromatic hydroxyl groups is 1. The van der Waals surface area contributed by atoms with Crippen molar-refractivity contribution in [1.82, 2.24) is 0 Å². The average Bonchev–Trinajstić information content (AvgIpc) is 2.46. The van der Waals surface area contributed by atoms with Gasteiger partial charge in [0.05, 0.1) is 6.42 Å². The van der Waals surface area contributed by atoms with Crippen LogP contribution in [0.3, 0.4) is 0 Å². The van der Waals surface area contributed by atoms with E-state index in [0.29, 0.717) is 0 Å². The molecule has 0 saturated carbocycles. The van der Waals surface area contributed by atoms with Gasteiger partial charge in [0.25, 0.3) is 0 Å². The zero-order valence-electron chi connectivity index (χ0n) is 11.4. The molecular weight excluding hydrogens is 252 g/mol. The highest BCUT2D eigenvalue weighted by atomic mass is 16.4. The van der Waals surface area contributed by atoms with E-state index in [0.717, 1.165) is 17.5 Å². The molecule has 0 spiro atoms. The summed E-state index contributed by atoms with van der Waals surface area (Å²) in [6, 6.07) is 14.8. The van der Waals surface area contributed by atoms with Gasteiger partial charge in [-0.25, -0.2) is 0 Å². The minimum absolute atomic E-state index is 0.0396. The van der Waals surface area contributed by atoms with Gasteiger partial charge in [-0.3, -0.25) is 4.79 Å². The van der Waals surface area contributed by atoms with Crippen LogP contribution in [0, 0.1) is 0 Å². The molecule has 0 heterocycles. The first-order valence-electron chi connectivity index (χ1n) is 6.69. The molecule has 0 radical (unpaired) electrons. The number of rotatable bonds is 5. The van der Waals surface area contributed by atoms with Gasteiger partial charge in [0.2, 0.25) is 0 Å². The number of phenolic OH excluding ortho intramolecular Hbond substituents is 1. The number of hydrogen-bond acceptors (Lipinski definition) is 2. The Hall–Kier alpha value is -2.29. The van der Waals surface area contributed by atoms with Gasteiger partial charge in [0, 0.05) is 5.92 Å². The molecule has 0 aliphatic heterocycles. The number of benzene rings is 2. The Morgan fingerprint density at radius 1 is 1.10 bits per heavy atom. The molecule has 2 aromatic rings. The molecule has 1 unspecified atom stereocenters. The van der Waals surface area contributed by atoms with Gasteiger partial charge in [0.1, 0.15) is 5.75 Å². The van der Waals surface area contributed by atoms with Crippen LogP contribution in [0.2, 0.25) is 0 Å². The van der Waals surface area contributed by atoms with E-state index in [1.807, 2.05) is 18.2 Å². The quantitative estimate of drug-likeness (QED) is 0.873. The smallest absolute Gasteiger partial charge is 0.304 e. The van der Waals surface area contributed by atoms with E-state index in [1.54, 1.807) is 24.3 Å². The summed E-state index contributed by atoms with van der Waals surface area (Å²) in [5.74, 6) is -0.838. The third-order valence-electron chi connectivity index (χ3n) is 3.44. The number of aliphatic carboxylic acids is 1. The lowest BCUT2D eigenvalue weighted by atomic mass is 9.87. The van der Waals surface area contributed by atoms with E-state index in [-0.39, 0.29) is 18.1 Å². The van der Waals surface area contributed by atoms with Gasteiger partial charge in [-0.05, 0) is 35.2 Å². The number of phenols is 1. The fourth-order valence-electron chi connectivity index (χ4n) is 2.34. The van der Waals surface area contributed by atoms with E-state index in [2.05, 4.69) is 13.0 Å². The van der Waals surface area contributed by atoms with Gasteiger partial charge in [0.15, 0.2) is 0 Å². The van der Waals surface area contributed by atoms with Gasteiger partial charge in [-0.2, -0.15) is 0 Å². The third-order valence-corrected chi connectivity index (χ3v) is 3.44. The first-order valence-corrected chi connectivity index (χ1v) is 6.69. The van der Waals surface area contributed by atoms with Crippen LogP contribution in [0.15, 0.2) is 48.5 Å². The first-order chi connectivity index (χ1) is 9.60. The predicted molar refractivity (Wildman–Crippen MR) is 78.0 cm³/mol. The average molecular weight is 270 g/mol. The van der Waals surface area contributed by atoms with Crippen molar-refractivity contribution in [2.75, 3.05) is 0 Å². The van der Waals surface area contributed by atoms with Gasteiger partial charge in [-0.15, -0.1) is 0 Å². The molecule has 20 heavy (non-hydrogen) atoms. The van der Waals surface area contributed by atoms with Crippen LogP contribution in [0.25, 0.3) is 0 Å². The monoisotopic (exact) mass is 270 g/mol. The summed E-state index contributed by atoms with van der Waals surface area (Å²) in [4.78, 5) is 11.1. The van der Waals surface area contributed by atoms with Crippen molar-refractivity contribution in [1.29, 1.82) is 0 Å². The van der Waals surface area contributed by atoms with E-state index in [4.69, 9.17) is 5.11 Å². The number of carboxylic acid groups (broad SMARTS) is 1. The number of carboxylic acids is 1. The Labute approximate surface area is 118 Å². The Bertz CT molecular complexity index is 587. The van der Waals surface area contributed by atoms with Crippen molar-refractivity contribution < 1.29 is 15.0 Å². The van der Waals surface area contributed by atoms with Crippen LogP contribution in [0.1, 0.15) is 36.0 Å². The minimum atomic E-state index is -0.829. The first kappa shape index (κ1) is 14.1. The SMILES string of the molecule is CCc1cccc(C(CC(=O)O)c2ccc(O)cc2)c1. The van der Waals surface area contributed by atoms with Crippen molar-refractivity contribution in [2.45, 2.75) is 25.7 Å². The van der Waals surface area contributed by atoms with Crippen molar-refractivity contribution >= 4 is 5.97 Å². The zero-order valence-corrected chi connectivity index (χ0v) is 11.4. The Kier molecular flexibility index (Phi) is 4.41. The van der Waals surface area contributed by atoms with Crippen molar-refractivity contribution in [2.24, 2.45) is 0 Å². The Balaban J connectivity index is 2.40.